The van der Waals surface area contributed by atoms with Crippen molar-refractivity contribution in [1.82, 2.24) is 0 Å². The van der Waals surface area contributed by atoms with Crippen LogP contribution >= 0.6 is 23.4 Å². The highest BCUT2D eigenvalue weighted by Crippen LogP contribution is 2.41. The second-order valence-electron chi connectivity index (χ2n) is 5.82. The van der Waals surface area contributed by atoms with Crippen molar-refractivity contribution in [3.63, 3.8) is 0 Å². The van der Waals surface area contributed by atoms with Crippen LogP contribution in [0.25, 0.3) is 17.4 Å². The van der Waals surface area contributed by atoms with E-state index in [0.717, 1.165) is 4.90 Å². The van der Waals surface area contributed by atoms with Crippen molar-refractivity contribution in [1.29, 1.82) is 0 Å². The van der Waals surface area contributed by atoms with Gasteiger partial charge in [0.1, 0.15) is 11.5 Å². The fourth-order valence-electron chi connectivity index (χ4n) is 2.80. The molecule has 4 nitrogen and oxygen atoms in total. The first-order valence-electron chi connectivity index (χ1n) is 8.08. The van der Waals surface area contributed by atoms with Gasteiger partial charge in [-0.15, -0.1) is 0 Å². The van der Waals surface area contributed by atoms with Crippen LogP contribution in [0.1, 0.15) is 26.5 Å². The van der Waals surface area contributed by atoms with Crippen LogP contribution in [0, 0.1) is 0 Å². The molecule has 0 fully saturated rings. The Balaban J connectivity index is 1.64. The van der Waals surface area contributed by atoms with Crippen LogP contribution in [0.4, 0.5) is 0 Å². The van der Waals surface area contributed by atoms with Gasteiger partial charge in [-0.25, -0.2) is 4.79 Å². The summed E-state index contributed by atoms with van der Waals surface area (Å²) >= 11 is 7.48. The number of halogens is 1. The van der Waals surface area contributed by atoms with E-state index in [1.54, 1.807) is 36.4 Å². The summed E-state index contributed by atoms with van der Waals surface area (Å²) in [6, 6.07) is 16.1. The number of rotatable bonds is 3. The van der Waals surface area contributed by atoms with E-state index < -0.39 is 5.97 Å². The summed E-state index contributed by atoms with van der Waals surface area (Å²) in [6.45, 7) is 0. The van der Waals surface area contributed by atoms with Crippen LogP contribution in [0.2, 0.25) is 5.02 Å². The number of ether oxygens (including phenoxy) is 1. The van der Waals surface area contributed by atoms with Crippen LogP contribution in [0.15, 0.2) is 68.8 Å². The predicted octanol–water partition coefficient (Wildman–Crippen LogP) is 5.72. The molecule has 4 rings (SSSR count). The molecule has 0 aliphatic carbocycles. The van der Waals surface area contributed by atoms with E-state index in [2.05, 4.69) is 0 Å². The van der Waals surface area contributed by atoms with E-state index in [9.17, 15) is 9.59 Å². The smallest absolute Gasteiger partial charge is 0.339 e. The van der Waals surface area contributed by atoms with E-state index in [0.29, 0.717) is 32.6 Å². The summed E-state index contributed by atoms with van der Waals surface area (Å²) < 4.78 is 10.6. The number of allylic oxidation sites excluding steroid dienone is 1. The highest BCUT2D eigenvalue weighted by atomic mass is 35.5. The zero-order chi connectivity index (χ0) is 19.0. The van der Waals surface area contributed by atoms with Crippen LogP contribution in [-0.4, -0.2) is 18.9 Å². The van der Waals surface area contributed by atoms with Gasteiger partial charge in [-0.05, 0) is 48.5 Å². The quantitative estimate of drug-likeness (QED) is 0.419. The van der Waals surface area contributed by atoms with Gasteiger partial charge in [0.15, 0.2) is 0 Å². The van der Waals surface area contributed by atoms with Crippen molar-refractivity contribution in [2.75, 3.05) is 7.11 Å². The number of furan rings is 1. The van der Waals surface area contributed by atoms with Crippen LogP contribution in [0.5, 0.6) is 0 Å². The standard InChI is InChI=1S/C21H13ClO4S/c1-25-21(24)15-10-12(6-8-16(15)22)17-9-7-13(26-17)11-19-20(23)14-4-2-3-5-18(14)27-19/h2-11H,1H3/b19-11-. The van der Waals surface area contributed by atoms with Crippen LogP contribution in [-0.2, 0) is 4.74 Å². The fourth-order valence-corrected chi connectivity index (χ4v) is 4.02. The first kappa shape index (κ1) is 17.6. The lowest BCUT2D eigenvalue weighted by atomic mass is 10.1. The largest absolute Gasteiger partial charge is 0.465 e. The molecule has 0 saturated carbocycles. The molecular weight excluding hydrogens is 384 g/mol. The van der Waals surface area contributed by atoms with Crippen molar-refractivity contribution in [3.8, 4) is 11.3 Å². The summed E-state index contributed by atoms with van der Waals surface area (Å²) in [5.74, 6) is 0.606. The van der Waals surface area contributed by atoms with Gasteiger partial charge in [0.2, 0.25) is 5.78 Å². The van der Waals surface area contributed by atoms with Gasteiger partial charge < -0.3 is 9.15 Å². The predicted molar refractivity (Wildman–Crippen MR) is 105 cm³/mol. The van der Waals surface area contributed by atoms with E-state index in [1.165, 1.54) is 18.9 Å². The monoisotopic (exact) mass is 396 g/mol. The zero-order valence-corrected chi connectivity index (χ0v) is 15.8. The molecule has 0 bridgehead atoms. The summed E-state index contributed by atoms with van der Waals surface area (Å²) in [6.07, 6.45) is 1.73. The van der Waals surface area contributed by atoms with Crippen molar-refractivity contribution in [2.45, 2.75) is 4.90 Å². The molecule has 0 atom stereocenters. The van der Waals surface area contributed by atoms with Crippen molar-refractivity contribution >= 4 is 41.2 Å². The summed E-state index contributed by atoms with van der Waals surface area (Å²) in [5, 5.41) is 0.310. The third kappa shape index (κ3) is 3.31. The third-order valence-electron chi connectivity index (χ3n) is 4.13. The van der Waals surface area contributed by atoms with Crippen molar-refractivity contribution < 1.29 is 18.7 Å². The number of carbonyl (C=O) groups excluding carboxylic acids is 2. The molecule has 0 amide bonds. The number of esters is 1. The minimum Gasteiger partial charge on any atom is -0.465 e. The minimum absolute atomic E-state index is 0.00646. The normalized spacial score (nSPS) is 14.4. The van der Waals surface area contributed by atoms with Gasteiger partial charge in [-0.1, -0.05) is 35.5 Å². The molecule has 1 aliphatic rings. The molecule has 0 N–H and O–H groups in total. The van der Waals surface area contributed by atoms with Gasteiger partial charge in [0, 0.05) is 16.0 Å². The maximum absolute atomic E-state index is 12.5. The van der Waals surface area contributed by atoms with Crippen LogP contribution in [0.3, 0.4) is 0 Å². The Morgan fingerprint density at radius 3 is 2.74 bits per heavy atom. The van der Waals surface area contributed by atoms with Gasteiger partial charge in [-0.3, -0.25) is 4.79 Å². The highest BCUT2D eigenvalue weighted by Gasteiger charge is 2.25. The topological polar surface area (TPSA) is 56.5 Å². The molecule has 2 heterocycles. The number of ketones is 1. The molecular formula is C21H13ClO4S. The van der Waals surface area contributed by atoms with Gasteiger partial charge in [-0.2, -0.15) is 0 Å². The van der Waals surface area contributed by atoms with Crippen molar-refractivity contribution in [3.05, 3.63) is 81.4 Å². The number of carbonyl (C=O) groups is 2. The molecule has 3 aromatic rings. The highest BCUT2D eigenvalue weighted by molar-refractivity contribution is 8.04. The molecule has 2 aromatic carbocycles. The van der Waals surface area contributed by atoms with E-state index in [-0.39, 0.29) is 11.3 Å². The number of hydrogen-bond donors (Lipinski definition) is 0. The molecule has 1 aliphatic heterocycles. The molecule has 1 aromatic heterocycles. The molecule has 0 radical (unpaired) electrons. The molecule has 27 heavy (non-hydrogen) atoms. The number of methoxy groups -OCH3 is 1. The maximum atomic E-state index is 12.5. The minimum atomic E-state index is -0.513. The first-order valence-corrected chi connectivity index (χ1v) is 9.27. The first-order chi connectivity index (χ1) is 13.1. The number of thioether (sulfide) groups is 1. The Hall–Kier alpha value is -2.76. The number of fused-ring (bicyclic) bond motifs is 1. The molecule has 6 heteroatoms. The summed E-state index contributed by atoms with van der Waals surface area (Å²) in [5.41, 5.74) is 1.67. The molecule has 0 spiro atoms. The second-order valence-corrected chi connectivity index (χ2v) is 7.32. The van der Waals surface area contributed by atoms with Crippen LogP contribution < -0.4 is 0 Å². The number of hydrogen-bond acceptors (Lipinski definition) is 5. The third-order valence-corrected chi connectivity index (χ3v) is 5.56. The lowest BCUT2D eigenvalue weighted by Gasteiger charge is -2.04. The Bertz CT molecular complexity index is 1100. The lowest BCUT2D eigenvalue weighted by molar-refractivity contribution is 0.0601. The number of Topliss-reactive ketones (excluding diaryl/α,β-unsaturated/α-hetero) is 1. The van der Waals surface area contributed by atoms with Gasteiger partial charge in [0.05, 0.1) is 22.6 Å². The van der Waals surface area contributed by atoms with Gasteiger partial charge >= 0.3 is 5.97 Å². The van der Waals surface area contributed by atoms with E-state index in [1.807, 2.05) is 24.3 Å². The Morgan fingerprint density at radius 1 is 1.15 bits per heavy atom. The Kier molecular flexibility index (Phi) is 4.64. The zero-order valence-electron chi connectivity index (χ0n) is 14.2. The van der Waals surface area contributed by atoms with E-state index >= 15 is 0 Å². The summed E-state index contributed by atoms with van der Waals surface area (Å²) in [4.78, 5) is 25.8. The second kappa shape index (κ2) is 7.10. The Labute approximate surface area is 164 Å². The molecule has 0 unspecified atom stereocenters. The fraction of sp³-hybridized carbons (Fsp3) is 0.0476. The average Bonchev–Trinajstić information content (AvgIpc) is 3.27. The van der Waals surface area contributed by atoms with Crippen molar-refractivity contribution in [2.24, 2.45) is 0 Å². The summed E-state index contributed by atoms with van der Waals surface area (Å²) in [7, 11) is 1.30. The average molecular weight is 397 g/mol. The SMILES string of the molecule is COC(=O)c1cc(-c2ccc(/C=C3\Sc4ccccc4C3=O)o2)ccc1Cl. The molecule has 0 saturated heterocycles. The van der Waals surface area contributed by atoms with Gasteiger partial charge in [0.25, 0.3) is 0 Å². The maximum Gasteiger partial charge on any atom is 0.339 e. The molecule has 134 valence electrons. The number of benzene rings is 2. The Morgan fingerprint density at radius 2 is 1.96 bits per heavy atom. The van der Waals surface area contributed by atoms with E-state index in [4.69, 9.17) is 20.8 Å². The lowest BCUT2D eigenvalue weighted by Crippen LogP contribution is -2.02.